The number of alkyl halides is 1. The fraction of sp³-hybridized carbons (Fsp3) is 0.300. The van der Waals surface area contributed by atoms with Gasteiger partial charge in [-0.15, -0.1) is 11.6 Å². The Balaban J connectivity index is 3.06. The van der Waals surface area contributed by atoms with Gasteiger partial charge in [0.15, 0.2) is 0 Å². The normalized spacial score (nSPS) is 11.9. The molecule has 1 rings (SSSR count). The van der Waals surface area contributed by atoms with Crippen LogP contribution in [0.25, 0.3) is 0 Å². The van der Waals surface area contributed by atoms with Crippen molar-refractivity contribution in [3.05, 3.63) is 38.9 Å². The zero-order valence-corrected chi connectivity index (χ0v) is 10.5. The fourth-order valence-corrected chi connectivity index (χ4v) is 1.44. The Kier molecular flexibility index (Phi) is 4.72. The number of carbonyl (C=O) groups excluding carboxylic acids is 1. The van der Waals surface area contributed by atoms with Crippen molar-refractivity contribution in [2.24, 2.45) is 0 Å². The summed E-state index contributed by atoms with van der Waals surface area (Å²) in [5.74, 6) is -0.340. The highest BCUT2D eigenvalue weighted by Crippen LogP contribution is 2.22. The minimum absolute atomic E-state index is 0.0699. The maximum absolute atomic E-state index is 11.8. The highest BCUT2D eigenvalue weighted by molar-refractivity contribution is 6.31. The topological polar surface area (TPSA) is 72.2 Å². The molecule has 0 aliphatic carbocycles. The van der Waals surface area contributed by atoms with Crippen molar-refractivity contribution in [1.29, 1.82) is 0 Å². The molecule has 0 bridgehead atoms. The Hall–Kier alpha value is -1.33. The van der Waals surface area contributed by atoms with Crippen LogP contribution in [0.15, 0.2) is 18.2 Å². The first-order valence-corrected chi connectivity index (χ1v) is 5.67. The molecule has 17 heavy (non-hydrogen) atoms. The first kappa shape index (κ1) is 13.7. The van der Waals surface area contributed by atoms with Crippen LogP contribution in [0.3, 0.4) is 0 Å². The maximum Gasteiger partial charge on any atom is 0.282 e. The second kappa shape index (κ2) is 5.84. The zero-order chi connectivity index (χ0) is 13.0. The van der Waals surface area contributed by atoms with Gasteiger partial charge in [-0.25, -0.2) is 0 Å². The molecule has 1 aromatic carbocycles. The van der Waals surface area contributed by atoms with E-state index in [0.717, 1.165) is 0 Å². The second-order valence-corrected chi connectivity index (χ2v) is 4.19. The number of benzene rings is 1. The molecule has 0 saturated carbocycles. The van der Waals surface area contributed by atoms with Gasteiger partial charge in [-0.05, 0) is 19.1 Å². The summed E-state index contributed by atoms with van der Waals surface area (Å²) in [5, 5.41) is 13.5. The minimum Gasteiger partial charge on any atom is -0.348 e. The van der Waals surface area contributed by atoms with E-state index in [1.807, 2.05) is 0 Å². The predicted octanol–water partition coefficient (Wildman–Crippen LogP) is 2.61. The van der Waals surface area contributed by atoms with Gasteiger partial charge in [0.05, 0.1) is 4.92 Å². The first-order chi connectivity index (χ1) is 7.95. The number of carbonyl (C=O) groups is 1. The number of nitro groups is 1. The number of halogens is 2. The fourth-order valence-electron chi connectivity index (χ4n) is 1.19. The molecule has 0 aliphatic heterocycles. The molecule has 1 unspecified atom stereocenters. The number of rotatable bonds is 4. The quantitative estimate of drug-likeness (QED) is 0.522. The molecule has 5 nitrogen and oxygen atoms in total. The van der Waals surface area contributed by atoms with Crippen molar-refractivity contribution in [3.63, 3.8) is 0 Å². The summed E-state index contributed by atoms with van der Waals surface area (Å²) in [6.45, 7) is 1.70. The van der Waals surface area contributed by atoms with E-state index in [0.29, 0.717) is 0 Å². The summed E-state index contributed by atoms with van der Waals surface area (Å²) < 4.78 is 0. The van der Waals surface area contributed by atoms with Gasteiger partial charge < -0.3 is 5.32 Å². The molecule has 1 N–H and O–H groups in total. The number of amides is 1. The van der Waals surface area contributed by atoms with Gasteiger partial charge in [0, 0.05) is 23.0 Å². The number of hydrogen-bond acceptors (Lipinski definition) is 3. The summed E-state index contributed by atoms with van der Waals surface area (Å²) in [6.07, 6.45) is 0. The van der Waals surface area contributed by atoms with Gasteiger partial charge in [-0.2, -0.15) is 0 Å². The van der Waals surface area contributed by atoms with Crippen molar-refractivity contribution in [1.82, 2.24) is 5.32 Å². The van der Waals surface area contributed by atoms with Gasteiger partial charge in [0.2, 0.25) is 0 Å². The van der Waals surface area contributed by atoms with Crippen molar-refractivity contribution in [3.8, 4) is 0 Å². The molecule has 0 radical (unpaired) electrons. The predicted molar refractivity (Wildman–Crippen MR) is 65.8 cm³/mol. The van der Waals surface area contributed by atoms with E-state index >= 15 is 0 Å². The first-order valence-electron chi connectivity index (χ1n) is 4.76. The van der Waals surface area contributed by atoms with Crippen LogP contribution >= 0.6 is 23.2 Å². The van der Waals surface area contributed by atoms with Gasteiger partial charge >= 0.3 is 0 Å². The third-order valence-electron chi connectivity index (χ3n) is 2.01. The van der Waals surface area contributed by atoms with Crippen LogP contribution in [0.2, 0.25) is 5.02 Å². The largest absolute Gasteiger partial charge is 0.348 e. The van der Waals surface area contributed by atoms with Crippen molar-refractivity contribution >= 4 is 34.8 Å². The summed E-state index contributed by atoms with van der Waals surface area (Å²) in [5.41, 5.74) is -0.354. The van der Waals surface area contributed by atoms with Crippen molar-refractivity contribution in [2.75, 3.05) is 5.88 Å². The van der Waals surface area contributed by atoms with Gasteiger partial charge in [0.1, 0.15) is 5.56 Å². The van der Waals surface area contributed by atoms with Crippen molar-refractivity contribution < 1.29 is 9.72 Å². The van der Waals surface area contributed by atoms with E-state index in [4.69, 9.17) is 23.2 Å². The van der Waals surface area contributed by atoms with Crippen LogP contribution in [-0.2, 0) is 0 Å². The van der Waals surface area contributed by atoms with Crippen LogP contribution in [0.4, 0.5) is 5.69 Å². The molecular formula is C10H10Cl2N2O3. The smallest absolute Gasteiger partial charge is 0.282 e. The van der Waals surface area contributed by atoms with Crippen molar-refractivity contribution in [2.45, 2.75) is 13.0 Å². The van der Waals surface area contributed by atoms with E-state index in [1.54, 1.807) is 6.92 Å². The number of nitrogens with zero attached hydrogens (tertiary/aromatic N) is 1. The number of nitrogens with one attached hydrogen (secondary N) is 1. The van der Waals surface area contributed by atoms with Crippen LogP contribution in [0.5, 0.6) is 0 Å². The summed E-state index contributed by atoms with van der Waals surface area (Å²) in [4.78, 5) is 21.9. The van der Waals surface area contributed by atoms with Crippen LogP contribution in [0.1, 0.15) is 17.3 Å². The Morgan fingerprint density at radius 2 is 2.24 bits per heavy atom. The van der Waals surface area contributed by atoms with E-state index in [1.165, 1.54) is 18.2 Å². The van der Waals surface area contributed by atoms with E-state index in [9.17, 15) is 14.9 Å². The Bertz CT molecular complexity index is 451. The third-order valence-corrected chi connectivity index (χ3v) is 2.71. The summed E-state index contributed by atoms with van der Waals surface area (Å²) in [7, 11) is 0. The number of hydrogen-bond donors (Lipinski definition) is 1. The van der Waals surface area contributed by atoms with Crippen LogP contribution in [-0.4, -0.2) is 22.8 Å². The lowest BCUT2D eigenvalue weighted by atomic mass is 10.1. The summed E-state index contributed by atoms with van der Waals surface area (Å²) >= 11 is 11.2. The van der Waals surface area contributed by atoms with Gasteiger partial charge in [-0.3, -0.25) is 14.9 Å². The molecule has 92 valence electrons. The maximum atomic E-state index is 11.8. The van der Waals surface area contributed by atoms with E-state index < -0.39 is 10.8 Å². The molecule has 1 atom stereocenters. The highest BCUT2D eigenvalue weighted by Gasteiger charge is 2.21. The van der Waals surface area contributed by atoms with Gasteiger partial charge in [-0.1, -0.05) is 11.6 Å². The lowest BCUT2D eigenvalue weighted by Crippen LogP contribution is -2.34. The lowest BCUT2D eigenvalue weighted by molar-refractivity contribution is -0.385. The molecule has 0 fully saturated rings. The van der Waals surface area contributed by atoms with E-state index in [2.05, 4.69) is 5.32 Å². The minimum atomic E-state index is -0.628. The molecule has 0 saturated heterocycles. The average Bonchev–Trinajstić information content (AvgIpc) is 2.28. The average molecular weight is 277 g/mol. The van der Waals surface area contributed by atoms with Gasteiger partial charge in [0.25, 0.3) is 11.6 Å². The Morgan fingerprint density at radius 1 is 1.59 bits per heavy atom. The van der Waals surface area contributed by atoms with Crippen LogP contribution < -0.4 is 5.32 Å². The Morgan fingerprint density at radius 3 is 2.76 bits per heavy atom. The molecule has 0 heterocycles. The lowest BCUT2D eigenvalue weighted by Gasteiger charge is -2.10. The number of nitro benzene ring substituents is 1. The monoisotopic (exact) mass is 276 g/mol. The standard InChI is InChI=1S/C10H10Cl2N2O3/c1-6(5-11)13-10(15)8-4-7(12)2-3-9(8)14(16)17/h2-4,6H,5H2,1H3,(H,13,15). The molecule has 0 spiro atoms. The molecule has 0 aromatic heterocycles. The molecule has 7 heteroatoms. The zero-order valence-electron chi connectivity index (χ0n) is 8.94. The Labute approximate surface area is 108 Å². The molecule has 0 aliphatic rings. The highest BCUT2D eigenvalue weighted by atomic mass is 35.5. The molecular weight excluding hydrogens is 267 g/mol. The SMILES string of the molecule is CC(CCl)NC(=O)c1cc(Cl)ccc1[N+](=O)[O-]. The van der Waals surface area contributed by atoms with E-state index in [-0.39, 0.29) is 28.2 Å². The molecule has 1 amide bonds. The second-order valence-electron chi connectivity index (χ2n) is 3.45. The molecule has 1 aromatic rings. The third kappa shape index (κ3) is 3.57. The summed E-state index contributed by atoms with van der Waals surface area (Å²) in [6, 6.07) is 3.54. The van der Waals surface area contributed by atoms with Crippen LogP contribution in [0, 0.1) is 10.1 Å².